The Bertz CT molecular complexity index is 1220. The quantitative estimate of drug-likeness (QED) is 0.611. The van der Waals surface area contributed by atoms with E-state index in [9.17, 15) is 13.2 Å². The van der Waals surface area contributed by atoms with Gasteiger partial charge < -0.3 is 5.32 Å². The van der Waals surface area contributed by atoms with Crippen LogP contribution in [0.4, 0.5) is 0 Å². The number of benzene rings is 1. The molecular formula is C22H28N6O3S. The van der Waals surface area contributed by atoms with Crippen LogP contribution in [0.1, 0.15) is 29.8 Å². The lowest BCUT2D eigenvalue weighted by Crippen LogP contribution is -2.45. The van der Waals surface area contributed by atoms with Crippen LogP contribution < -0.4 is 5.32 Å². The van der Waals surface area contributed by atoms with Gasteiger partial charge in [0.25, 0.3) is 0 Å². The Kier molecular flexibility index (Phi) is 6.16. The topological polar surface area (TPSA) is 102 Å². The molecule has 0 radical (unpaired) electrons. The van der Waals surface area contributed by atoms with Crippen molar-refractivity contribution in [1.82, 2.24) is 29.2 Å². The van der Waals surface area contributed by atoms with Crippen molar-refractivity contribution in [3.63, 3.8) is 0 Å². The van der Waals surface area contributed by atoms with Crippen molar-refractivity contribution in [3.8, 4) is 5.69 Å². The Morgan fingerprint density at radius 2 is 1.97 bits per heavy atom. The standard InChI is InChI=1S/C22H28N6O3S/c1-16-21(17(2)28(25-16)19-9-5-4-6-10-19)13-23-22(29)18-8-7-11-27(14-18)32(30,31)20-12-24-26(3)15-20/h4-6,9-10,12,15,18H,7-8,11,13-14H2,1-3H3,(H,23,29)/t18-/m0/s1. The van der Waals surface area contributed by atoms with Crippen molar-refractivity contribution in [2.75, 3.05) is 13.1 Å². The van der Waals surface area contributed by atoms with Gasteiger partial charge in [-0.15, -0.1) is 0 Å². The summed E-state index contributed by atoms with van der Waals surface area (Å²) in [7, 11) is -1.98. The number of aromatic nitrogens is 4. The summed E-state index contributed by atoms with van der Waals surface area (Å²) in [5.41, 5.74) is 3.77. The van der Waals surface area contributed by atoms with Gasteiger partial charge in [0.1, 0.15) is 4.90 Å². The first kappa shape index (κ1) is 22.2. The van der Waals surface area contributed by atoms with Gasteiger partial charge in [-0.1, -0.05) is 18.2 Å². The molecule has 0 spiro atoms. The van der Waals surface area contributed by atoms with E-state index in [0.717, 1.165) is 22.6 Å². The molecule has 0 aliphatic carbocycles. The molecule has 2 aromatic heterocycles. The summed E-state index contributed by atoms with van der Waals surface area (Å²) in [6.45, 7) is 4.84. The minimum absolute atomic E-state index is 0.137. The normalized spacial score (nSPS) is 17.4. The molecule has 1 aliphatic rings. The largest absolute Gasteiger partial charge is 0.352 e. The fourth-order valence-corrected chi connectivity index (χ4v) is 5.64. The smallest absolute Gasteiger partial charge is 0.246 e. The van der Waals surface area contributed by atoms with E-state index in [2.05, 4.69) is 15.5 Å². The van der Waals surface area contributed by atoms with E-state index in [1.54, 1.807) is 7.05 Å². The lowest BCUT2D eigenvalue weighted by atomic mass is 9.98. The Morgan fingerprint density at radius 3 is 2.66 bits per heavy atom. The van der Waals surface area contributed by atoms with Crippen LogP contribution in [0, 0.1) is 19.8 Å². The number of para-hydroxylation sites is 1. The number of hydrogen-bond acceptors (Lipinski definition) is 5. The first-order valence-corrected chi connectivity index (χ1v) is 12.1. The van der Waals surface area contributed by atoms with Crippen LogP contribution in [0.5, 0.6) is 0 Å². The first-order valence-electron chi connectivity index (χ1n) is 10.6. The van der Waals surface area contributed by atoms with Gasteiger partial charge in [0.15, 0.2) is 0 Å². The van der Waals surface area contributed by atoms with Crippen molar-refractivity contribution in [2.24, 2.45) is 13.0 Å². The van der Waals surface area contributed by atoms with Crippen LogP contribution >= 0.6 is 0 Å². The summed E-state index contributed by atoms with van der Waals surface area (Å²) < 4.78 is 30.5. The second-order valence-electron chi connectivity index (χ2n) is 8.17. The highest BCUT2D eigenvalue weighted by molar-refractivity contribution is 7.89. The third-order valence-electron chi connectivity index (χ3n) is 5.96. The predicted octanol–water partition coefficient (Wildman–Crippen LogP) is 1.94. The maximum Gasteiger partial charge on any atom is 0.246 e. The summed E-state index contributed by atoms with van der Waals surface area (Å²) in [6, 6.07) is 9.85. The molecule has 32 heavy (non-hydrogen) atoms. The number of carbonyl (C=O) groups excluding carboxylic acids is 1. The van der Waals surface area contributed by atoms with Gasteiger partial charge in [-0.25, -0.2) is 13.1 Å². The molecule has 0 bridgehead atoms. The molecule has 4 rings (SSSR count). The second-order valence-corrected chi connectivity index (χ2v) is 10.1. The molecule has 1 saturated heterocycles. The van der Waals surface area contributed by atoms with E-state index in [0.29, 0.717) is 25.9 Å². The average Bonchev–Trinajstić information content (AvgIpc) is 3.36. The van der Waals surface area contributed by atoms with Gasteiger partial charge in [0.2, 0.25) is 15.9 Å². The number of aryl methyl sites for hydroxylation is 2. The van der Waals surface area contributed by atoms with E-state index in [-0.39, 0.29) is 23.3 Å². The highest BCUT2D eigenvalue weighted by Crippen LogP contribution is 2.24. The van der Waals surface area contributed by atoms with E-state index < -0.39 is 10.0 Å². The van der Waals surface area contributed by atoms with Gasteiger partial charge in [-0.2, -0.15) is 14.5 Å². The molecule has 170 valence electrons. The third-order valence-corrected chi connectivity index (χ3v) is 7.77. The first-order chi connectivity index (χ1) is 15.3. The van der Waals surface area contributed by atoms with Crippen LogP contribution in [0.15, 0.2) is 47.6 Å². The number of amides is 1. The summed E-state index contributed by atoms with van der Waals surface area (Å²) in [6.07, 6.45) is 4.12. The summed E-state index contributed by atoms with van der Waals surface area (Å²) >= 11 is 0. The number of nitrogens with zero attached hydrogens (tertiary/aromatic N) is 5. The minimum atomic E-state index is -3.66. The van der Waals surface area contributed by atoms with Crippen LogP contribution in [-0.4, -0.2) is 51.3 Å². The van der Waals surface area contributed by atoms with E-state index in [1.165, 1.54) is 21.4 Å². The third kappa shape index (κ3) is 4.33. The number of carbonyl (C=O) groups is 1. The molecule has 10 heteroatoms. The molecule has 1 aromatic carbocycles. The summed E-state index contributed by atoms with van der Waals surface area (Å²) in [4.78, 5) is 13.1. The Hall–Kier alpha value is -2.98. The Labute approximate surface area is 188 Å². The molecule has 0 saturated carbocycles. The summed E-state index contributed by atoms with van der Waals surface area (Å²) in [5, 5.41) is 11.6. The van der Waals surface area contributed by atoms with Crippen molar-refractivity contribution in [1.29, 1.82) is 0 Å². The molecule has 1 atom stereocenters. The number of piperidine rings is 1. The van der Waals surface area contributed by atoms with Gasteiger partial charge in [0.05, 0.1) is 23.5 Å². The molecule has 0 unspecified atom stereocenters. The number of sulfonamides is 1. The molecule has 1 amide bonds. The van der Waals surface area contributed by atoms with Crippen LogP contribution in [0.3, 0.4) is 0 Å². The zero-order valence-electron chi connectivity index (χ0n) is 18.5. The zero-order chi connectivity index (χ0) is 22.9. The van der Waals surface area contributed by atoms with Crippen molar-refractivity contribution in [2.45, 2.75) is 38.1 Å². The fraction of sp³-hybridized carbons (Fsp3) is 0.409. The minimum Gasteiger partial charge on any atom is -0.352 e. The SMILES string of the molecule is Cc1nn(-c2ccccc2)c(C)c1CNC(=O)[C@H]1CCCN(S(=O)(=O)c2cnn(C)c2)C1. The molecular weight excluding hydrogens is 428 g/mol. The lowest BCUT2D eigenvalue weighted by Gasteiger charge is -2.30. The maximum absolute atomic E-state index is 12.9. The van der Waals surface area contributed by atoms with Crippen LogP contribution in [0.25, 0.3) is 5.69 Å². The maximum atomic E-state index is 12.9. The van der Waals surface area contributed by atoms with Crippen LogP contribution in [0.2, 0.25) is 0 Å². The van der Waals surface area contributed by atoms with E-state index in [4.69, 9.17) is 0 Å². The molecule has 1 fully saturated rings. The van der Waals surface area contributed by atoms with Gasteiger partial charge >= 0.3 is 0 Å². The summed E-state index contributed by atoms with van der Waals surface area (Å²) in [5.74, 6) is -0.526. The van der Waals surface area contributed by atoms with Crippen molar-refractivity contribution < 1.29 is 13.2 Å². The monoisotopic (exact) mass is 456 g/mol. The molecule has 3 heterocycles. The Balaban J connectivity index is 1.43. The molecule has 1 N–H and O–H groups in total. The number of hydrogen-bond donors (Lipinski definition) is 1. The number of rotatable bonds is 6. The second kappa shape index (κ2) is 8.87. The van der Waals surface area contributed by atoms with Crippen molar-refractivity contribution >= 4 is 15.9 Å². The van der Waals surface area contributed by atoms with Gasteiger partial charge in [-0.05, 0) is 38.8 Å². The van der Waals surface area contributed by atoms with Gasteiger partial charge in [0, 0.05) is 44.1 Å². The van der Waals surface area contributed by atoms with E-state index >= 15 is 0 Å². The predicted molar refractivity (Wildman–Crippen MR) is 120 cm³/mol. The molecule has 9 nitrogen and oxygen atoms in total. The highest BCUT2D eigenvalue weighted by atomic mass is 32.2. The Morgan fingerprint density at radius 1 is 1.22 bits per heavy atom. The molecule has 1 aliphatic heterocycles. The lowest BCUT2D eigenvalue weighted by molar-refractivity contribution is -0.126. The fourth-order valence-electron chi connectivity index (χ4n) is 4.13. The zero-order valence-corrected chi connectivity index (χ0v) is 19.3. The molecule has 3 aromatic rings. The van der Waals surface area contributed by atoms with Gasteiger partial charge in [-0.3, -0.25) is 9.48 Å². The van der Waals surface area contributed by atoms with Crippen LogP contribution in [-0.2, 0) is 28.4 Å². The van der Waals surface area contributed by atoms with Crippen molar-refractivity contribution in [3.05, 3.63) is 59.7 Å². The van der Waals surface area contributed by atoms with E-state index in [1.807, 2.05) is 48.9 Å². The average molecular weight is 457 g/mol. The number of nitrogens with one attached hydrogen (secondary N) is 1. The highest BCUT2D eigenvalue weighted by Gasteiger charge is 2.34.